The molecule has 1 saturated carbocycles. The second-order valence-corrected chi connectivity index (χ2v) is 2.32. The first-order chi connectivity index (χ1) is 4.79. The lowest BCUT2D eigenvalue weighted by atomic mass is 9.90. The molecular formula is C7H12O3. The van der Waals surface area contributed by atoms with Gasteiger partial charge in [-0.15, -0.1) is 0 Å². The molecule has 0 radical (unpaired) electrons. The third-order valence-corrected chi connectivity index (χ3v) is 1.71. The van der Waals surface area contributed by atoms with Crippen molar-refractivity contribution >= 4 is 5.78 Å². The summed E-state index contributed by atoms with van der Waals surface area (Å²) in [7, 11) is 1.60. The summed E-state index contributed by atoms with van der Waals surface area (Å²) in [5, 5.41) is 0. The van der Waals surface area contributed by atoms with Crippen molar-refractivity contribution in [2.24, 2.45) is 0 Å². The van der Waals surface area contributed by atoms with E-state index in [1.54, 1.807) is 7.11 Å². The fourth-order valence-electron chi connectivity index (χ4n) is 1.06. The Morgan fingerprint density at radius 3 is 2.80 bits per heavy atom. The quantitative estimate of drug-likeness (QED) is 0.574. The molecule has 1 aliphatic carbocycles. The Labute approximate surface area is 60.3 Å². The SMILES string of the molecule is CCOC1C(=O)CC1OC. The van der Waals surface area contributed by atoms with Crippen LogP contribution < -0.4 is 0 Å². The summed E-state index contributed by atoms with van der Waals surface area (Å²) < 4.78 is 10.1. The molecule has 3 nitrogen and oxygen atoms in total. The Bertz CT molecular complexity index is 133. The molecule has 0 aromatic rings. The third kappa shape index (κ3) is 1.20. The number of ketones is 1. The fraction of sp³-hybridized carbons (Fsp3) is 0.857. The number of hydrogen-bond donors (Lipinski definition) is 0. The molecule has 0 amide bonds. The van der Waals surface area contributed by atoms with Crippen molar-refractivity contribution in [3.8, 4) is 0 Å². The van der Waals surface area contributed by atoms with Gasteiger partial charge in [-0.1, -0.05) is 0 Å². The van der Waals surface area contributed by atoms with Crippen molar-refractivity contribution in [1.29, 1.82) is 0 Å². The van der Waals surface area contributed by atoms with Gasteiger partial charge in [-0.2, -0.15) is 0 Å². The highest BCUT2D eigenvalue weighted by molar-refractivity contribution is 5.90. The molecule has 0 aromatic carbocycles. The molecule has 1 aliphatic rings. The van der Waals surface area contributed by atoms with Gasteiger partial charge in [0, 0.05) is 20.1 Å². The minimum absolute atomic E-state index is 0.00690. The monoisotopic (exact) mass is 144 g/mol. The molecule has 1 fully saturated rings. The van der Waals surface area contributed by atoms with Crippen molar-refractivity contribution in [2.45, 2.75) is 25.6 Å². The highest BCUT2D eigenvalue weighted by Gasteiger charge is 2.40. The molecule has 1 rings (SSSR count). The lowest BCUT2D eigenvalue weighted by molar-refractivity contribution is -0.161. The second-order valence-electron chi connectivity index (χ2n) is 2.32. The first-order valence-electron chi connectivity index (χ1n) is 3.46. The number of ether oxygens (including phenoxy) is 2. The Morgan fingerprint density at radius 2 is 2.40 bits per heavy atom. The molecule has 0 N–H and O–H groups in total. The van der Waals surface area contributed by atoms with Crippen molar-refractivity contribution < 1.29 is 14.3 Å². The van der Waals surface area contributed by atoms with Gasteiger partial charge in [0.25, 0.3) is 0 Å². The van der Waals surface area contributed by atoms with E-state index in [-0.39, 0.29) is 18.0 Å². The van der Waals surface area contributed by atoms with E-state index in [2.05, 4.69) is 0 Å². The number of carbonyl (C=O) groups is 1. The van der Waals surface area contributed by atoms with Gasteiger partial charge in [-0.3, -0.25) is 4.79 Å². The van der Waals surface area contributed by atoms with Crippen LogP contribution in [0, 0.1) is 0 Å². The fourth-order valence-corrected chi connectivity index (χ4v) is 1.06. The summed E-state index contributed by atoms with van der Waals surface area (Å²) in [4.78, 5) is 10.8. The molecule has 0 spiro atoms. The van der Waals surface area contributed by atoms with Crippen molar-refractivity contribution in [3.63, 3.8) is 0 Å². The predicted molar refractivity (Wildman–Crippen MR) is 35.8 cm³/mol. The van der Waals surface area contributed by atoms with Crippen LogP contribution >= 0.6 is 0 Å². The number of rotatable bonds is 3. The molecule has 0 bridgehead atoms. The summed E-state index contributed by atoms with van der Waals surface area (Å²) in [6.45, 7) is 2.45. The first-order valence-corrected chi connectivity index (χ1v) is 3.46. The van der Waals surface area contributed by atoms with Crippen LogP contribution in [0.5, 0.6) is 0 Å². The molecule has 0 aromatic heterocycles. The van der Waals surface area contributed by atoms with E-state index in [1.165, 1.54) is 0 Å². The van der Waals surface area contributed by atoms with Gasteiger partial charge in [0.1, 0.15) is 6.10 Å². The van der Waals surface area contributed by atoms with E-state index in [9.17, 15) is 4.79 Å². The largest absolute Gasteiger partial charge is 0.378 e. The molecule has 0 aliphatic heterocycles. The van der Waals surface area contributed by atoms with Crippen LogP contribution in [0.1, 0.15) is 13.3 Å². The van der Waals surface area contributed by atoms with Gasteiger partial charge in [0.05, 0.1) is 6.10 Å². The lowest BCUT2D eigenvalue weighted by Gasteiger charge is -2.32. The van der Waals surface area contributed by atoms with Crippen molar-refractivity contribution in [3.05, 3.63) is 0 Å². The standard InChI is InChI=1S/C7H12O3/c1-3-10-7-5(8)4-6(7)9-2/h6-7H,3-4H2,1-2H3. The smallest absolute Gasteiger partial charge is 0.166 e. The second kappa shape index (κ2) is 3.12. The summed E-state index contributed by atoms with van der Waals surface area (Å²) in [5.74, 6) is 0.161. The van der Waals surface area contributed by atoms with E-state index in [0.717, 1.165) is 0 Å². The molecule has 2 unspecified atom stereocenters. The maximum Gasteiger partial charge on any atom is 0.166 e. The lowest BCUT2D eigenvalue weighted by Crippen LogP contribution is -2.49. The van der Waals surface area contributed by atoms with Crippen LogP contribution in [0.2, 0.25) is 0 Å². The Kier molecular flexibility index (Phi) is 2.40. The maximum absolute atomic E-state index is 10.8. The van der Waals surface area contributed by atoms with Crippen LogP contribution in [0.25, 0.3) is 0 Å². The summed E-state index contributed by atoms with van der Waals surface area (Å²) >= 11 is 0. The highest BCUT2D eigenvalue weighted by atomic mass is 16.5. The molecule has 2 atom stereocenters. The minimum Gasteiger partial charge on any atom is -0.378 e. The summed E-state index contributed by atoms with van der Waals surface area (Å²) in [6, 6.07) is 0. The highest BCUT2D eigenvalue weighted by Crippen LogP contribution is 2.21. The van der Waals surface area contributed by atoms with Crippen LogP contribution in [0.3, 0.4) is 0 Å². The molecule has 10 heavy (non-hydrogen) atoms. The number of methoxy groups -OCH3 is 1. The van der Waals surface area contributed by atoms with E-state index < -0.39 is 0 Å². The maximum atomic E-state index is 10.8. The topological polar surface area (TPSA) is 35.5 Å². The van der Waals surface area contributed by atoms with Crippen molar-refractivity contribution in [1.82, 2.24) is 0 Å². The molecule has 3 heteroatoms. The Balaban J connectivity index is 2.32. The van der Waals surface area contributed by atoms with Gasteiger partial charge in [-0.25, -0.2) is 0 Å². The van der Waals surface area contributed by atoms with E-state index in [1.807, 2.05) is 6.92 Å². The molecular weight excluding hydrogens is 132 g/mol. The van der Waals surface area contributed by atoms with Crippen LogP contribution in [-0.4, -0.2) is 31.7 Å². The normalized spacial score (nSPS) is 32.0. The van der Waals surface area contributed by atoms with E-state index in [4.69, 9.17) is 9.47 Å². The average molecular weight is 144 g/mol. The van der Waals surface area contributed by atoms with Crippen LogP contribution in [0.15, 0.2) is 0 Å². The van der Waals surface area contributed by atoms with Crippen molar-refractivity contribution in [2.75, 3.05) is 13.7 Å². The van der Waals surface area contributed by atoms with Crippen LogP contribution in [0.4, 0.5) is 0 Å². The molecule has 58 valence electrons. The van der Waals surface area contributed by atoms with Gasteiger partial charge < -0.3 is 9.47 Å². The Morgan fingerprint density at radius 1 is 1.70 bits per heavy atom. The van der Waals surface area contributed by atoms with Crippen LogP contribution in [-0.2, 0) is 14.3 Å². The number of hydrogen-bond acceptors (Lipinski definition) is 3. The zero-order valence-electron chi connectivity index (χ0n) is 6.29. The molecule has 0 saturated heterocycles. The zero-order chi connectivity index (χ0) is 7.56. The van der Waals surface area contributed by atoms with Gasteiger partial charge >= 0.3 is 0 Å². The zero-order valence-corrected chi connectivity index (χ0v) is 6.29. The van der Waals surface area contributed by atoms with E-state index >= 15 is 0 Å². The average Bonchev–Trinajstić information content (AvgIpc) is 1.95. The minimum atomic E-state index is -0.282. The number of Topliss-reactive ketones (excluding diaryl/α,β-unsaturated/α-hetero) is 1. The third-order valence-electron chi connectivity index (χ3n) is 1.71. The number of carbonyl (C=O) groups excluding carboxylic acids is 1. The predicted octanol–water partition coefficient (Wildman–Crippen LogP) is 0.379. The summed E-state index contributed by atoms with van der Waals surface area (Å²) in [6.07, 6.45) is 0.240. The first kappa shape index (κ1) is 7.69. The summed E-state index contributed by atoms with van der Waals surface area (Å²) in [5.41, 5.74) is 0. The molecule has 0 heterocycles. The Hall–Kier alpha value is -0.410. The van der Waals surface area contributed by atoms with Gasteiger partial charge in [0.2, 0.25) is 0 Å². The van der Waals surface area contributed by atoms with Gasteiger partial charge in [-0.05, 0) is 6.92 Å². The van der Waals surface area contributed by atoms with Gasteiger partial charge in [0.15, 0.2) is 5.78 Å². The van der Waals surface area contributed by atoms with E-state index in [0.29, 0.717) is 13.0 Å².